The number of hydrogen-bond donors (Lipinski definition) is 2. The lowest BCUT2D eigenvalue weighted by molar-refractivity contribution is 0.273. The van der Waals surface area contributed by atoms with Crippen LogP contribution in [0, 0.1) is 12.7 Å². The molecule has 0 saturated carbocycles. The molecule has 0 aliphatic rings. The number of aliphatic hydroxyl groups is 1. The number of nitrogens with one attached hydrogen (secondary N) is 1. The summed E-state index contributed by atoms with van der Waals surface area (Å²) < 4.78 is 40.3. The molecule has 0 aliphatic carbocycles. The Balaban J connectivity index is 2.01. The van der Waals surface area contributed by atoms with Crippen LogP contribution in [-0.2, 0) is 10.0 Å². The normalized spacial score (nSPS) is 13.2. The fourth-order valence-corrected chi connectivity index (χ4v) is 4.64. The molecule has 2 rings (SSSR count). The molecule has 2 N–H and O–H groups in total. The number of rotatable bonds is 8. The molecule has 23 heavy (non-hydrogen) atoms. The smallest absolute Gasteiger partial charge is 0.240 e. The summed E-state index contributed by atoms with van der Waals surface area (Å²) in [5.74, 6) is -0.334. The van der Waals surface area contributed by atoms with Gasteiger partial charge in [0, 0.05) is 18.0 Å². The van der Waals surface area contributed by atoms with Crippen molar-refractivity contribution in [3.05, 3.63) is 52.0 Å². The second-order valence-electron chi connectivity index (χ2n) is 5.32. The maximum atomic E-state index is 13.1. The van der Waals surface area contributed by atoms with E-state index in [0.717, 1.165) is 10.9 Å². The quantitative estimate of drug-likeness (QED) is 0.763. The monoisotopic (exact) mass is 357 g/mol. The van der Waals surface area contributed by atoms with Crippen LogP contribution in [0.15, 0.2) is 40.6 Å². The maximum absolute atomic E-state index is 13.1. The Morgan fingerprint density at radius 3 is 2.70 bits per heavy atom. The first-order valence-corrected chi connectivity index (χ1v) is 9.70. The van der Waals surface area contributed by atoms with E-state index in [-0.39, 0.29) is 24.0 Å². The molecule has 1 aromatic carbocycles. The SMILES string of the molecule is Cc1cc(F)ccc1S(=O)(=O)NCC[C@H](CCO)c1cccs1. The lowest BCUT2D eigenvalue weighted by Crippen LogP contribution is -2.26. The van der Waals surface area contributed by atoms with E-state index in [1.807, 2.05) is 17.5 Å². The number of thiophene rings is 1. The zero-order valence-corrected chi connectivity index (χ0v) is 14.5. The van der Waals surface area contributed by atoms with E-state index in [2.05, 4.69) is 4.72 Å². The molecule has 0 amide bonds. The predicted molar refractivity (Wildman–Crippen MR) is 89.7 cm³/mol. The number of halogens is 1. The predicted octanol–water partition coefficient (Wildman–Crippen LogP) is 3.03. The summed E-state index contributed by atoms with van der Waals surface area (Å²) in [4.78, 5) is 1.23. The molecule has 126 valence electrons. The number of aliphatic hydroxyl groups excluding tert-OH is 1. The number of sulfonamides is 1. The Morgan fingerprint density at radius 2 is 2.09 bits per heavy atom. The van der Waals surface area contributed by atoms with E-state index in [1.54, 1.807) is 18.3 Å². The van der Waals surface area contributed by atoms with Gasteiger partial charge in [-0.15, -0.1) is 11.3 Å². The minimum Gasteiger partial charge on any atom is -0.396 e. The maximum Gasteiger partial charge on any atom is 0.240 e. The van der Waals surface area contributed by atoms with E-state index >= 15 is 0 Å². The molecule has 2 aromatic rings. The lowest BCUT2D eigenvalue weighted by Gasteiger charge is -2.15. The Labute approximate surface area is 140 Å². The second kappa shape index (κ2) is 8.01. The van der Waals surface area contributed by atoms with E-state index in [0.29, 0.717) is 18.4 Å². The Kier molecular flexibility index (Phi) is 6.29. The largest absolute Gasteiger partial charge is 0.396 e. The van der Waals surface area contributed by atoms with Crippen LogP contribution < -0.4 is 4.72 Å². The van der Waals surface area contributed by atoms with Crippen LogP contribution in [0.3, 0.4) is 0 Å². The van der Waals surface area contributed by atoms with Crippen molar-refractivity contribution in [2.75, 3.05) is 13.2 Å². The molecule has 0 aliphatic heterocycles. The molecule has 0 fully saturated rings. The molecule has 1 aromatic heterocycles. The van der Waals surface area contributed by atoms with Gasteiger partial charge in [-0.3, -0.25) is 0 Å². The third-order valence-corrected chi connectivity index (χ3v) is 6.29. The number of aryl methyl sites for hydroxylation is 1. The van der Waals surface area contributed by atoms with Gasteiger partial charge >= 0.3 is 0 Å². The average Bonchev–Trinajstić information content (AvgIpc) is 2.99. The molecule has 1 heterocycles. The van der Waals surface area contributed by atoms with Crippen molar-refractivity contribution in [1.82, 2.24) is 4.72 Å². The lowest BCUT2D eigenvalue weighted by atomic mass is 10.0. The molecule has 0 unspecified atom stereocenters. The highest BCUT2D eigenvalue weighted by atomic mass is 32.2. The van der Waals surface area contributed by atoms with Crippen molar-refractivity contribution < 1.29 is 17.9 Å². The molecule has 0 radical (unpaired) electrons. The van der Waals surface area contributed by atoms with Crippen molar-refractivity contribution in [2.24, 2.45) is 0 Å². The average molecular weight is 357 g/mol. The van der Waals surface area contributed by atoms with Crippen LogP contribution in [-0.4, -0.2) is 26.7 Å². The molecule has 0 saturated heterocycles. The third kappa shape index (κ3) is 4.84. The van der Waals surface area contributed by atoms with Gasteiger partial charge in [0.05, 0.1) is 4.90 Å². The van der Waals surface area contributed by atoms with Gasteiger partial charge in [-0.05, 0) is 60.9 Å². The summed E-state index contributed by atoms with van der Waals surface area (Å²) in [6.07, 6.45) is 1.19. The van der Waals surface area contributed by atoms with Crippen LogP contribution in [0.25, 0.3) is 0 Å². The Morgan fingerprint density at radius 1 is 1.30 bits per heavy atom. The van der Waals surface area contributed by atoms with Gasteiger partial charge in [0.2, 0.25) is 10.0 Å². The van der Waals surface area contributed by atoms with Crippen LogP contribution in [0.2, 0.25) is 0 Å². The van der Waals surface area contributed by atoms with Crippen molar-refractivity contribution in [1.29, 1.82) is 0 Å². The molecular weight excluding hydrogens is 337 g/mol. The van der Waals surface area contributed by atoms with E-state index < -0.39 is 15.8 Å². The zero-order valence-electron chi connectivity index (χ0n) is 12.8. The summed E-state index contributed by atoms with van der Waals surface area (Å²) in [6.45, 7) is 1.89. The first-order valence-electron chi connectivity index (χ1n) is 7.34. The van der Waals surface area contributed by atoms with Gasteiger partial charge in [-0.25, -0.2) is 17.5 Å². The van der Waals surface area contributed by atoms with Crippen LogP contribution >= 0.6 is 11.3 Å². The van der Waals surface area contributed by atoms with Gasteiger partial charge in [0.1, 0.15) is 5.82 Å². The van der Waals surface area contributed by atoms with Gasteiger partial charge < -0.3 is 5.11 Å². The van der Waals surface area contributed by atoms with Crippen molar-refractivity contribution >= 4 is 21.4 Å². The summed E-state index contributed by atoms with van der Waals surface area (Å²) in [5, 5.41) is 11.1. The number of hydrogen-bond acceptors (Lipinski definition) is 4. The molecule has 0 bridgehead atoms. The highest BCUT2D eigenvalue weighted by Crippen LogP contribution is 2.27. The highest BCUT2D eigenvalue weighted by molar-refractivity contribution is 7.89. The van der Waals surface area contributed by atoms with E-state index in [9.17, 15) is 12.8 Å². The minimum atomic E-state index is -3.66. The zero-order chi connectivity index (χ0) is 16.9. The second-order valence-corrected chi connectivity index (χ2v) is 8.04. The highest BCUT2D eigenvalue weighted by Gasteiger charge is 2.18. The summed E-state index contributed by atoms with van der Waals surface area (Å²) in [7, 11) is -3.66. The van der Waals surface area contributed by atoms with Gasteiger partial charge in [0.15, 0.2) is 0 Å². The minimum absolute atomic E-state index is 0.0619. The van der Waals surface area contributed by atoms with Crippen molar-refractivity contribution in [3.8, 4) is 0 Å². The fourth-order valence-electron chi connectivity index (χ4n) is 2.47. The topological polar surface area (TPSA) is 66.4 Å². The third-order valence-electron chi connectivity index (χ3n) is 3.63. The molecule has 7 heteroatoms. The van der Waals surface area contributed by atoms with E-state index in [4.69, 9.17) is 5.11 Å². The molecule has 4 nitrogen and oxygen atoms in total. The van der Waals surface area contributed by atoms with Crippen LogP contribution in [0.1, 0.15) is 29.2 Å². The van der Waals surface area contributed by atoms with Crippen molar-refractivity contribution in [3.63, 3.8) is 0 Å². The summed E-state index contributed by atoms with van der Waals surface area (Å²) >= 11 is 1.60. The first-order chi connectivity index (χ1) is 10.9. The molecule has 1 atom stereocenters. The first kappa shape index (κ1) is 18.1. The van der Waals surface area contributed by atoms with Crippen molar-refractivity contribution in [2.45, 2.75) is 30.6 Å². The molecular formula is C16H20FNO3S2. The summed E-state index contributed by atoms with van der Waals surface area (Å²) in [6, 6.07) is 7.55. The van der Waals surface area contributed by atoms with Crippen LogP contribution in [0.5, 0.6) is 0 Å². The van der Waals surface area contributed by atoms with E-state index in [1.165, 1.54) is 12.1 Å². The van der Waals surface area contributed by atoms with Gasteiger partial charge in [-0.2, -0.15) is 0 Å². The standard InChI is InChI=1S/C16H20FNO3S2/c1-12-11-14(17)4-5-16(12)23(20,21)18-8-6-13(7-9-19)15-3-2-10-22-15/h2-5,10-11,13,18-19H,6-9H2,1H3/t13-/m1/s1. The Hall–Kier alpha value is -1.28. The van der Waals surface area contributed by atoms with Gasteiger partial charge in [-0.1, -0.05) is 6.07 Å². The summed E-state index contributed by atoms with van der Waals surface area (Å²) in [5.41, 5.74) is 0.377. The fraction of sp³-hybridized carbons (Fsp3) is 0.375. The Bertz CT molecular complexity index is 730. The van der Waals surface area contributed by atoms with Gasteiger partial charge in [0.25, 0.3) is 0 Å². The molecule has 0 spiro atoms. The van der Waals surface area contributed by atoms with Crippen LogP contribution in [0.4, 0.5) is 4.39 Å². The number of benzene rings is 1.